The van der Waals surface area contributed by atoms with Crippen molar-refractivity contribution in [2.75, 3.05) is 25.1 Å². The van der Waals surface area contributed by atoms with Gasteiger partial charge in [0.1, 0.15) is 36.8 Å². The average molecular weight is 296 g/mol. The summed E-state index contributed by atoms with van der Waals surface area (Å²) in [5.74, 6) is 2.46. The van der Waals surface area contributed by atoms with Crippen molar-refractivity contribution in [3.05, 3.63) is 41.6 Å². The van der Waals surface area contributed by atoms with Crippen LogP contribution in [-0.4, -0.2) is 30.7 Å². The fourth-order valence-electron chi connectivity index (χ4n) is 3.38. The van der Waals surface area contributed by atoms with Gasteiger partial charge in [0.25, 0.3) is 0 Å². The van der Waals surface area contributed by atoms with E-state index >= 15 is 0 Å². The molecule has 3 aliphatic rings. The summed E-state index contributed by atoms with van der Waals surface area (Å²) < 4.78 is 17.0. The molecule has 1 atom stereocenters. The first kappa shape index (κ1) is 11.9. The van der Waals surface area contributed by atoms with Crippen LogP contribution in [0.25, 0.3) is 0 Å². The van der Waals surface area contributed by atoms with Crippen LogP contribution in [0.4, 0.5) is 5.82 Å². The predicted octanol–water partition coefficient (Wildman–Crippen LogP) is 1.48. The number of ether oxygens (including phenoxy) is 3. The Morgan fingerprint density at radius 2 is 1.86 bits per heavy atom. The Morgan fingerprint density at radius 1 is 1.05 bits per heavy atom. The van der Waals surface area contributed by atoms with Crippen LogP contribution < -0.4 is 19.5 Å². The molecule has 0 saturated heterocycles. The van der Waals surface area contributed by atoms with E-state index in [0.717, 1.165) is 11.1 Å². The molecule has 0 fully saturated rings. The summed E-state index contributed by atoms with van der Waals surface area (Å²) in [6.07, 6.45) is 1.67. The van der Waals surface area contributed by atoms with Gasteiger partial charge in [-0.05, 0) is 12.1 Å². The monoisotopic (exact) mass is 296 g/mol. The molecule has 6 nitrogen and oxygen atoms in total. The molecule has 1 aromatic carbocycles. The van der Waals surface area contributed by atoms with E-state index in [1.54, 1.807) is 12.3 Å². The summed E-state index contributed by atoms with van der Waals surface area (Å²) >= 11 is 0. The maximum atomic E-state index is 12.7. The first-order chi connectivity index (χ1) is 10.8. The van der Waals surface area contributed by atoms with Gasteiger partial charge in [0, 0.05) is 23.4 Å². The largest absolute Gasteiger partial charge is 0.491 e. The number of amides is 1. The van der Waals surface area contributed by atoms with E-state index in [0.29, 0.717) is 36.3 Å². The van der Waals surface area contributed by atoms with E-state index in [-0.39, 0.29) is 12.5 Å². The second-order valence-electron chi connectivity index (χ2n) is 5.54. The van der Waals surface area contributed by atoms with Gasteiger partial charge in [-0.3, -0.25) is 4.79 Å². The highest BCUT2D eigenvalue weighted by Crippen LogP contribution is 2.52. The Labute approximate surface area is 126 Å². The van der Waals surface area contributed by atoms with Crippen LogP contribution >= 0.6 is 0 Å². The number of hydrogen-bond donors (Lipinski definition) is 1. The minimum Gasteiger partial charge on any atom is -0.491 e. The van der Waals surface area contributed by atoms with Crippen LogP contribution in [0.5, 0.6) is 17.2 Å². The molecule has 22 heavy (non-hydrogen) atoms. The molecule has 2 aromatic rings. The number of aromatic nitrogens is 1. The van der Waals surface area contributed by atoms with E-state index < -0.39 is 5.41 Å². The lowest BCUT2D eigenvalue weighted by atomic mass is 9.77. The number of pyridine rings is 1. The molecule has 1 unspecified atom stereocenters. The van der Waals surface area contributed by atoms with E-state index in [4.69, 9.17) is 14.2 Å². The molecular formula is C16H12N2O4. The lowest BCUT2D eigenvalue weighted by molar-refractivity contribution is -0.119. The molecule has 5 rings (SSSR count). The van der Waals surface area contributed by atoms with Crippen molar-refractivity contribution in [2.24, 2.45) is 0 Å². The number of carbonyl (C=O) groups is 1. The Bertz CT molecular complexity index is 820. The molecule has 110 valence electrons. The van der Waals surface area contributed by atoms with Crippen molar-refractivity contribution in [1.29, 1.82) is 0 Å². The minimum atomic E-state index is -0.852. The number of nitrogens with zero attached hydrogens (tertiary/aromatic N) is 1. The van der Waals surface area contributed by atoms with Gasteiger partial charge in [0.05, 0.1) is 0 Å². The quantitative estimate of drug-likeness (QED) is 0.797. The summed E-state index contributed by atoms with van der Waals surface area (Å²) in [5, 5.41) is 2.85. The van der Waals surface area contributed by atoms with Crippen LogP contribution in [0.1, 0.15) is 11.1 Å². The third-order valence-electron chi connectivity index (χ3n) is 4.44. The number of fused-ring (bicyclic) bond motifs is 5. The Balaban J connectivity index is 1.76. The lowest BCUT2D eigenvalue weighted by Gasteiger charge is -2.22. The highest BCUT2D eigenvalue weighted by Gasteiger charge is 2.54. The Morgan fingerprint density at radius 3 is 2.73 bits per heavy atom. The van der Waals surface area contributed by atoms with E-state index in [1.165, 1.54) is 0 Å². The first-order valence-corrected chi connectivity index (χ1v) is 7.13. The zero-order valence-electron chi connectivity index (χ0n) is 11.6. The van der Waals surface area contributed by atoms with Crippen LogP contribution in [0.2, 0.25) is 0 Å². The van der Waals surface area contributed by atoms with Crippen molar-refractivity contribution >= 4 is 11.7 Å². The molecule has 0 aliphatic carbocycles. The summed E-state index contributed by atoms with van der Waals surface area (Å²) in [4.78, 5) is 16.9. The zero-order chi connectivity index (χ0) is 14.7. The van der Waals surface area contributed by atoms with E-state index in [2.05, 4.69) is 10.3 Å². The maximum absolute atomic E-state index is 12.7. The van der Waals surface area contributed by atoms with Gasteiger partial charge in [-0.2, -0.15) is 0 Å². The highest BCUT2D eigenvalue weighted by molar-refractivity contribution is 6.09. The number of carbonyl (C=O) groups excluding carboxylic acids is 1. The van der Waals surface area contributed by atoms with Crippen LogP contribution in [0, 0.1) is 0 Å². The van der Waals surface area contributed by atoms with Gasteiger partial charge in [-0.1, -0.05) is 6.07 Å². The minimum absolute atomic E-state index is 0.114. The SMILES string of the molecule is O=C1Nc2ncccc2C12COc1cc3c(cc12)OCCO3. The number of hydrogen-bond acceptors (Lipinski definition) is 5. The van der Waals surface area contributed by atoms with Crippen molar-refractivity contribution in [2.45, 2.75) is 5.41 Å². The second-order valence-corrected chi connectivity index (χ2v) is 5.54. The molecule has 6 heteroatoms. The molecule has 0 bridgehead atoms. The summed E-state index contributed by atoms with van der Waals surface area (Å²) in [7, 11) is 0. The van der Waals surface area contributed by atoms with Gasteiger partial charge >= 0.3 is 0 Å². The van der Waals surface area contributed by atoms with Gasteiger partial charge in [0.15, 0.2) is 11.5 Å². The molecule has 0 saturated carbocycles. The van der Waals surface area contributed by atoms with Crippen molar-refractivity contribution < 1.29 is 19.0 Å². The van der Waals surface area contributed by atoms with Crippen molar-refractivity contribution in [3.8, 4) is 17.2 Å². The molecule has 1 N–H and O–H groups in total. The highest BCUT2D eigenvalue weighted by atomic mass is 16.6. The van der Waals surface area contributed by atoms with Gasteiger partial charge in [-0.15, -0.1) is 0 Å². The van der Waals surface area contributed by atoms with Crippen LogP contribution in [0.15, 0.2) is 30.5 Å². The summed E-state index contributed by atoms with van der Waals surface area (Å²) in [5.41, 5.74) is 0.797. The topological polar surface area (TPSA) is 69.7 Å². The fourth-order valence-corrected chi connectivity index (χ4v) is 3.38. The van der Waals surface area contributed by atoms with Gasteiger partial charge < -0.3 is 19.5 Å². The van der Waals surface area contributed by atoms with E-state index in [1.807, 2.05) is 18.2 Å². The third-order valence-corrected chi connectivity index (χ3v) is 4.44. The molecule has 0 radical (unpaired) electrons. The Hall–Kier alpha value is -2.76. The molecule has 1 spiro atoms. The number of anilines is 1. The normalized spacial score (nSPS) is 23.7. The fraction of sp³-hybridized carbons (Fsp3) is 0.250. The van der Waals surface area contributed by atoms with E-state index in [9.17, 15) is 4.79 Å². The molecule has 1 aromatic heterocycles. The molecule has 3 aliphatic heterocycles. The number of benzene rings is 1. The van der Waals surface area contributed by atoms with Crippen molar-refractivity contribution in [1.82, 2.24) is 4.98 Å². The maximum Gasteiger partial charge on any atom is 0.244 e. The predicted molar refractivity (Wildman–Crippen MR) is 76.6 cm³/mol. The van der Waals surface area contributed by atoms with Crippen LogP contribution in [0.3, 0.4) is 0 Å². The van der Waals surface area contributed by atoms with Gasteiger partial charge in [0.2, 0.25) is 5.91 Å². The molecule has 1 amide bonds. The molecular weight excluding hydrogens is 284 g/mol. The smallest absolute Gasteiger partial charge is 0.244 e. The number of rotatable bonds is 0. The van der Waals surface area contributed by atoms with Gasteiger partial charge in [-0.25, -0.2) is 4.98 Å². The molecule has 4 heterocycles. The summed E-state index contributed by atoms with van der Waals surface area (Å²) in [6.45, 7) is 1.28. The average Bonchev–Trinajstić information content (AvgIpc) is 3.06. The Kier molecular flexibility index (Phi) is 2.11. The third kappa shape index (κ3) is 1.30. The lowest BCUT2D eigenvalue weighted by Crippen LogP contribution is -2.37. The number of nitrogens with one attached hydrogen (secondary N) is 1. The first-order valence-electron chi connectivity index (χ1n) is 7.13. The standard InChI is InChI=1S/C16H12N2O4/c19-15-16(9-2-1-3-17-14(9)18-15)8-22-11-7-13-12(6-10(11)16)20-4-5-21-13/h1-3,6-7H,4-5,8H2,(H,17,18,19). The zero-order valence-corrected chi connectivity index (χ0v) is 11.6. The van der Waals surface area contributed by atoms with Crippen LogP contribution in [-0.2, 0) is 10.2 Å². The summed E-state index contributed by atoms with van der Waals surface area (Å²) in [6, 6.07) is 7.41. The van der Waals surface area contributed by atoms with Crippen molar-refractivity contribution in [3.63, 3.8) is 0 Å². The second kappa shape index (κ2) is 3.91.